The lowest BCUT2D eigenvalue weighted by Crippen LogP contribution is -2.36. The van der Waals surface area contributed by atoms with Gasteiger partial charge in [0, 0.05) is 30.5 Å². The molecule has 0 unspecified atom stereocenters. The van der Waals surface area contributed by atoms with Crippen molar-refractivity contribution < 1.29 is 9.13 Å². The van der Waals surface area contributed by atoms with E-state index in [9.17, 15) is 4.39 Å². The molecule has 1 aromatic heterocycles. The van der Waals surface area contributed by atoms with Gasteiger partial charge in [-0.05, 0) is 24.3 Å². The highest BCUT2D eigenvalue weighted by molar-refractivity contribution is 5.66. The van der Waals surface area contributed by atoms with Gasteiger partial charge in [0.2, 0.25) is 5.95 Å². The van der Waals surface area contributed by atoms with Crippen LogP contribution in [-0.4, -0.2) is 36.3 Å². The van der Waals surface area contributed by atoms with E-state index in [0.29, 0.717) is 24.5 Å². The molecule has 2 N–H and O–H groups in total. The van der Waals surface area contributed by atoms with Crippen LogP contribution >= 0.6 is 0 Å². The summed E-state index contributed by atoms with van der Waals surface area (Å²) in [6.07, 6.45) is 1.57. The Hall–Kier alpha value is -2.21. The average molecular weight is 274 g/mol. The standard InChI is InChI=1S/C14H15FN4O/c15-11-7-10(13-1-2-17-14(16)18-13)8-12(9-11)19-3-5-20-6-4-19/h1-2,7-9H,3-6H2,(H2,16,17,18). The molecule has 6 heteroatoms. The largest absolute Gasteiger partial charge is 0.378 e. The number of halogens is 1. The van der Waals surface area contributed by atoms with Gasteiger partial charge in [-0.1, -0.05) is 0 Å². The number of anilines is 2. The number of nitrogens with two attached hydrogens (primary N) is 1. The molecule has 0 spiro atoms. The second kappa shape index (κ2) is 5.42. The maximum atomic E-state index is 13.8. The summed E-state index contributed by atoms with van der Waals surface area (Å²) in [7, 11) is 0. The smallest absolute Gasteiger partial charge is 0.220 e. The third-order valence-corrected chi connectivity index (χ3v) is 3.23. The van der Waals surface area contributed by atoms with Gasteiger partial charge in [-0.25, -0.2) is 14.4 Å². The molecule has 1 saturated heterocycles. The summed E-state index contributed by atoms with van der Waals surface area (Å²) in [4.78, 5) is 10.1. The van der Waals surface area contributed by atoms with Crippen molar-refractivity contribution in [3.8, 4) is 11.3 Å². The number of nitrogen functional groups attached to an aromatic ring is 1. The number of nitrogens with zero attached hydrogens (tertiary/aromatic N) is 3. The lowest BCUT2D eigenvalue weighted by atomic mass is 10.1. The predicted molar refractivity (Wildman–Crippen MR) is 74.9 cm³/mol. The average Bonchev–Trinajstić information content (AvgIpc) is 2.47. The van der Waals surface area contributed by atoms with Crippen LogP contribution in [0.15, 0.2) is 30.5 Å². The molecular formula is C14H15FN4O. The third-order valence-electron chi connectivity index (χ3n) is 3.23. The van der Waals surface area contributed by atoms with Gasteiger partial charge in [0.1, 0.15) is 5.82 Å². The molecule has 1 aromatic carbocycles. The van der Waals surface area contributed by atoms with Crippen molar-refractivity contribution in [2.75, 3.05) is 36.9 Å². The van der Waals surface area contributed by atoms with Crippen LogP contribution in [0.2, 0.25) is 0 Å². The van der Waals surface area contributed by atoms with E-state index in [4.69, 9.17) is 10.5 Å². The summed E-state index contributed by atoms with van der Waals surface area (Å²) < 4.78 is 19.1. The molecule has 1 aliphatic rings. The number of benzene rings is 1. The fraction of sp³-hybridized carbons (Fsp3) is 0.286. The minimum atomic E-state index is -0.291. The first-order chi connectivity index (χ1) is 9.72. The highest BCUT2D eigenvalue weighted by atomic mass is 19.1. The van der Waals surface area contributed by atoms with Gasteiger partial charge in [-0.2, -0.15) is 0 Å². The van der Waals surface area contributed by atoms with E-state index in [-0.39, 0.29) is 11.8 Å². The molecule has 0 amide bonds. The van der Waals surface area contributed by atoms with E-state index in [1.807, 2.05) is 6.07 Å². The lowest BCUT2D eigenvalue weighted by molar-refractivity contribution is 0.122. The fourth-order valence-electron chi connectivity index (χ4n) is 2.26. The third kappa shape index (κ3) is 2.70. The zero-order valence-corrected chi connectivity index (χ0v) is 10.9. The summed E-state index contributed by atoms with van der Waals surface area (Å²) in [6, 6.07) is 6.61. The summed E-state index contributed by atoms with van der Waals surface area (Å²) >= 11 is 0. The highest BCUT2D eigenvalue weighted by Crippen LogP contribution is 2.26. The van der Waals surface area contributed by atoms with Crippen LogP contribution in [0.25, 0.3) is 11.3 Å². The molecular weight excluding hydrogens is 259 g/mol. The van der Waals surface area contributed by atoms with Crippen molar-refractivity contribution in [3.63, 3.8) is 0 Å². The van der Waals surface area contributed by atoms with Gasteiger partial charge in [-0.3, -0.25) is 0 Å². The van der Waals surface area contributed by atoms with Crippen LogP contribution < -0.4 is 10.6 Å². The molecule has 0 aliphatic carbocycles. The van der Waals surface area contributed by atoms with Gasteiger partial charge in [0.05, 0.1) is 18.9 Å². The molecule has 2 heterocycles. The number of morpholine rings is 1. The topological polar surface area (TPSA) is 64.3 Å². The number of aromatic nitrogens is 2. The first-order valence-corrected chi connectivity index (χ1v) is 6.44. The van der Waals surface area contributed by atoms with Crippen molar-refractivity contribution in [1.82, 2.24) is 9.97 Å². The second-order valence-electron chi connectivity index (χ2n) is 4.60. The Morgan fingerprint density at radius 3 is 2.75 bits per heavy atom. The number of rotatable bonds is 2. The van der Waals surface area contributed by atoms with E-state index < -0.39 is 0 Å². The quantitative estimate of drug-likeness (QED) is 0.903. The van der Waals surface area contributed by atoms with Crippen LogP contribution in [0.3, 0.4) is 0 Å². The summed E-state index contributed by atoms with van der Waals surface area (Å²) in [6.45, 7) is 2.84. The van der Waals surface area contributed by atoms with E-state index in [1.165, 1.54) is 12.1 Å². The Morgan fingerprint density at radius 1 is 1.20 bits per heavy atom. The molecule has 104 valence electrons. The monoisotopic (exact) mass is 274 g/mol. The molecule has 5 nitrogen and oxygen atoms in total. The van der Waals surface area contributed by atoms with Gasteiger partial charge in [0.25, 0.3) is 0 Å². The summed E-state index contributed by atoms with van der Waals surface area (Å²) in [5.74, 6) is -0.110. The Balaban J connectivity index is 1.97. The van der Waals surface area contributed by atoms with E-state index >= 15 is 0 Å². The van der Waals surface area contributed by atoms with Crippen molar-refractivity contribution in [3.05, 3.63) is 36.3 Å². The van der Waals surface area contributed by atoms with Crippen LogP contribution in [0, 0.1) is 5.82 Å². The second-order valence-corrected chi connectivity index (χ2v) is 4.60. The molecule has 0 saturated carbocycles. The van der Waals surface area contributed by atoms with E-state index in [0.717, 1.165) is 18.8 Å². The van der Waals surface area contributed by atoms with Crippen LogP contribution in [0.4, 0.5) is 16.0 Å². The molecule has 0 radical (unpaired) electrons. The van der Waals surface area contributed by atoms with Crippen molar-refractivity contribution in [2.45, 2.75) is 0 Å². The molecule has 0 bridgehead atoms. The minimum absolute atomic E-state index is 0.180. The highest BCUT2D eigenvalue weighted by Gasteiger charge is 2.14. The van der Waals surface area contributed by atoms with Crippen LogP contribution in [0.5, 0.6) is 0 Å². The first kappa shape index (κ1) is 12.8. The Morgan fingerprint density at radius 2 is 2.00 bits per heavy atom. The molecule has 2 aromatic rings. The summed E-state index contributed by atoms with van der Waals surface area (Å²) in [5, 5.41) is 0. The Labute approximate surface area is 116 Å². The lowest BCUT2D eigenvalue weighted by Gasteiger charge is -2.29. The van der Waals surface area contributed by atoms with Gasteiger partial charge >= 0.3 is 0 Å². The fourth-order valence-corrected chi connectivity index (χ4v) is 2.26. The Bertz CT molecular complexity index is 614. The number of hydrogen-bond acceptors (Lipinski definition) is 5. The Kier molecular flexibility index (Phi) is 3.47. The molecule has 3 rings (SSSR count). The van der Waals surface area contributed by atoms with Crippen molar-refractivity contribution in [2.24, 2.45) is 0 Å². The van der Waals surface area contributed by atoms with Gasteiger partial charge in [0.15, 0.2) is 0 Å². The maximum Gasteiger partial charge on any atom is 0.220 e. The molecule has 1 fully saturated rings. The van der Waals surface area contributed by atoms with E-state index in [2.05, 4.69) is 14.9 Å². The summed E-state index contributed by atoms with van der Waals surface area (Å²) in [5.41, 5.74) is 7.72. The van der Waals surface area contributed by atoms with Gasteiger partial charge in [-0.15, -0.1) is 0 Å². The molecule has 1 aliphatic heterocycles. The van der Waals surface area contributed by atoms with Crippen LogP contribution in [0.1, 0.15) is 0 Å². The molecule has 0 atom stereocenters. The minimum Gasteiger partial charge on any atom is -0.378 e. The zero-order chi connectivity index (χ0) is 13.9. The molecule has 20 heavy (non-hydrogen) atoms. The van der Waals surface area contributed by atoms with Crippen LogP contribution in [-0.2, 0) is 4.74 Å². The number of hydrogen-bond donors (Lipinski definition) is 1. The maximum absolute atomic E-state index is 13.8. The normalized spacial score (nSPS) is 15.3. The van der Waals surface area contributed by atoms with Crippen molar-refractivity contribution >= 4 is 11.6 Å². The zero-order valence-electron chi connectivity index (χ0n) is 10.9. The predicted octanol–water partition coefficient (Wildman–Crippen LogP) is 1.70. The van der Waals surface area contributed by atoms with Gasteiger partial charge < -0.3 is 15.4 Å². The first-order valence-electron chi connectivity index (χ1n) is 6.44. The number of ether oxygens (including phenoxy) is 1. The SMILES string of the molecule is Nc1nccc(-c2cc(F)cc(N3CCOCC3)c2)n1. The van der Waals surface area contributed by atoms with Crippen molar-refractivity contribution in [1.29, 1.82) is 0 Å². The van der Waals surface area contributed by atoms with E-state index in [1.54, 1.807) is 12.3 Å².